The second-order valence-electron chi connectivity index (χ2n) is 15.1. The van der Waals surface area contributed by atoms with Crippen molar-refractivity contribution in [3.63, 3.8) is 0 Å². The SMILES string of the molecule is CC1=C[C@@H](O)CC(C)(C)C1CC(=O)/C(=C/CCC(C)/C=C/C=C/C(C)/C=C/C/C(C)=C/C[C@H]1C(C)=C[C@H](O)CC1(C)C)CO. The van der Waals surface area contributed by atoms with Crippen molar-refractivity contribution in [2.45, 2.75) is 119 Å². The number of carbonyl (C=O) groups excluding carboxylic acids is 1. The Morgan fingerprint density at radius 1 is 0.909 bits per heavy atom. The van der Waals surface area contributed by atoms with Gasteiger partial charge in [-0.25, -0.2) is 0 Å². The van der Waals surface area contributed by atoms with Gasteiger partial charge in [0.25, 0.3) is 0 Å². The van der Waals surface area contributed by atoms with Crippen LogP contribution in [0.15, 0.2) is 83.1 Å². The van der Waals surface area contributed by atoms with Crippen LogP contribution in [0.4, 0.5) is 0 Å². The molecule has 0 saturated heterocycles. The number of hydrogen-bond donors (Lipinski definition) is 3. The van der Waals surface area contributed by atoms with Gasteiger partial charge in [0.1, 0.15) is 0 Å². The van der Waals surface area contributed by atoms with E-state index < -0.39 is 6.10 Å². The predicted molar refractivity (Wildman–Crippen MR) is 186 cm³/mol. The van der Waals surface area contributed by atoms with Crippen molar-refractivity contribution in [3.05, 3.63) is 83.1 Å². The van der Waals surface area contributed by atoms with Crippen LogP contribution in [-0.4, -0.2) is 39.9 Å². The lowest BCUT2D eigenvalue weighted by Gasteiger charge is -2.40. The van der Waals surface area contributed by atoms with Crippen LogP contribution in [0.25, 0.3) is 0 Å². The second-order valence-corrected chi connectivity index (χ2v) is 15.1. The summed E-state index contributed by atoms with van der Waals surface area (Å²) in [5.74, 6) is 1.29. The maximum atomic E-state index is 13.0. The summed E-state index contributed by atoms with van der Waals surface area (Å²) < 4.78 is 0. The zero-order valence-electron chi connectivity index (χ0n) is 29.1. The molecule has 0 bridgehead atoms. The van der Waals surface area contributed by atoms with E-state index in [4.69, 9.17) is 0 Å². The molecular weight excluding hydrogens is 544 g/mol. The van der Waals surface area contributed by atoms with Gasteiger partial charge in [0.2, 0.25) is 0 Å². The van der Waals surface area contributed by atoms with Crippen LogP contribution in [0.5, 0.6) is 0 Å². The molecule has 0 aromatic rings. The van der Waals surface area contributed by atoms with Crippen molar-refractivity contribution in [3.8, 4) is 0 Å². The smallest absolute Gasteiger partial charge is 0.161 e. The number of aliphatic hydroxyl groups is 3. The highest BCUT2D eigenvalue weighted by atomic mass is 16.3. The quantitative estimate of drug-likeness (QED) is 0.0987. The summed E-state index contributed by atoms with van der Waals surface area (Å²) in [6.45, 7) is 19.2. The van der Waals surface area contributed by atoms with Crippen molar-refractivity contribution in [1.29, 1.82) is 0 Å². The van der Waals surface area contributed by atoms with E-state index in [1.807, 2.05) is 25.2 Å². The summed E-state index contributed by atoms with van der Waals surface area (Å²) >= 11 is 0. The number of rotatable bonds is 15. The minimum absolute atomic E-state index is 0.00901. The molecular formula is C40H62O4. The lowest BCUT2D eigenvalue weighted by molar-refractivity contribution is -0.117. The highest BCUT2D eigenvalue weighted by molar-refractivity contribution is 5.95. The van der Waals surface area contributed by atoms with Gasteiger partial charge in [-0.1, -0.05) is 119 Å². The normalized spacial score (nSPS) is 27.5. The molecule has 0 heterocycles. The maximum absolute atomic E-state index is 13.0. The van der Waals surface area contributed by atoms with Gasteiger partial charge in [0.05, 0.1) is 18.8 Å². The van der Waals surface area contributed by atoms with E-state index in [1.165, 1.54) is 11.1 Å². The van der Waals surface area contributed by atoms with Crippen molar-refractivity contribution in [2.24, 2.45) is 34.5 Å². The van der Waals surface area contributed by atoms with Gasteiger partial charge in [-0.2, -0.15) is 0 Å². The average Bonchev–Trinajstić information content (AvgIpc) is 2.89. The largest absolute Gasteiger partial charge is 0.392 e. The summed E-state index contributed by atoms with van der Waals surface area (Å²) in [4.78, 5) is 13.0. The molecule has 246 valence electrons. The summed E-state index contributed by atoms with van der Waals surface area (Å²) in [5.41, 5.74) is 4.22. The predicted octanol–water partition coefficient (Wildman–Crippen LogP) is 9.02. The first-order valence-electron chi connectivity index (χ1n) is 16.8. The van der Waals surface area contributed by atoms with Crippen LogP contribution in [0.2, 0.25) is 0 Å². The number of hydrogen-bond acceptors (Lipinski definition) is 4. The zero-order valence-corrected chi connectivity index (χ0v) is 29.1. The van der Waals surface area contributed by atoms with Gasteiger partial charge in [0.15, 0.2) is 5.78 Å². The molecule has 2 rings (SSSR count). The fourth-order valence-corrected chi connectivity index (χ4v) is 7.12. The highest BCUT2D eigenvalue weighted by Crippen LogP contribution is 2.44. The molecule has 0 amide bonds. The monoisotopic (exact) mass is 606 g/mol. The van der Waals surface area contributed by atoms with Crippen molar-refractivity contribution in [2.75, 3.05) is 6.61 Å². The Kier molecular flexibility index (Phi) is 15.0. The van der Waals surface area contributed by atoms with E-state index in [-0.39, 0.29) is 35.2 Å². The van der Waals surface area contributed by atoms with E-state index in [0.29, 0.717) is 36.2 Å². The Morgan fingerprint density at radius 3 is 2.05 bits per heavy atom. The van der Waals surface area contributed by atoms with Crippen LogP contribution in [0, 0.1) is 34.5 Å². The molecule has 0 aliphatic heterocycles. The van der Waals surface area contributed by atoms with Crippen LogP contribution in [0.3, 0.4) is 0 Å². The Labute approximate surface area is 269 Å². The van der Waals surface area contributed by atoms with E-state index >= 15 is 0 Å². The summed E-state index contributed by atoms with van der Waals surface area (Å²) in [5, 5.41) is 30.1. The summed E-state index contributed by atoms with van der Waals surface area (Å²) in [7, 11) is 0. The van der Waals surface area contributed by atoms with Gasteiger partial charge in [-0.15, -0.1) is 0 Å². The lowest BCUT2D eigenvalue weighted by atomic mass is 9.66. The van der Waals surface area contributed by atoms with Crippen molar-refractivity contribution in [1.82, 2.24) is 0 Å². The minimum atomic E-state index is -0.449. The lowest BCUT2D eigenvalue weighted by Crippen LogP contribution is -2.35. The molecule has 6 atom stereocenters. The molecule has 0 radical (unpaired) electrons. The van der Waals surface area contributed by atoms with Gasteiger partial charge in [0, 0.05) is 12.0 Å². The topological polar surface area (TPSA) is 77.8 Å². The third-order valence-corrected chi connectivity index (χ3v) is 9.84. The molecule has 0 fully saturated rings. The third-order valence-electron chi connectivity index (χ3n) is 9.84. The number of ketones is 1. The third kappa shape index (κ3) is 12.3. The molecule has 2 aliphatic carbocycles. The van der Waals surface area contributed by atoms with Gasteiger partial charge >= 0.3 is 0 Å². The van der Waals surface area contributed by atoms with E-state index in [2.05, 4.69) is 97.9 Å². The number of aliphatic hydroxyl groups excluding tert-OH is 3. The first-order valence-corrected chi connectivity index (χ1v) is 16.8. The molecule has 2 aliphatic rings. The Bertz CT molecular complexity index is 1160. The number of Topliss-reactive ketones (excluding diaryl/α,β-unsaturated/α-hetero) is 1. The molecule has 0 saturated carbocycles. The number of carbonyl (C=O) groups is 1. The molecule has 44 heavy (non-hydrogen) atoms. The molecule has 4 heteroatoms. The molecule has 0 spiro atoms. The van der Waals surface area contributed by atoms with E-state index in [0.717, 1.165) is 37.7 Å². The van der Waals surface area contributed by atoms with E-state index in [1.54, 1.807) is 0 Å². The molecule has 3 N–H and O–H groups in total. The van der Waals surface area contributed by atoms with Crippen molar-refractivity contribution < 1.29 is 20.1 Å². The average molecular weight is 607 g/mol. The van der Waals surface area contributed by atoms with Crippen LogP contribution in [-0.2, 0) is 4.79 Å². The molecule has 0 aromatic heterocycles. The minimum Gasteiger partial charge on any atom is -0.392 e. The fraction of sp³-hybridized carbons (Fsp3) is 0.625. The van der Waals surface area contributed by atoms with Crippen LogP contribution in [0.1, 0.15) is 107 Å². The van der Waals surface area contributed by atoms with Gasteiger partial charge in [-0.3, -0.25) is 4.79 Å². The van der Waals surface area contributed by atoms with Crippen molar-refractivity contribution >= 4 is 5.78 Å². The first kappa shape index (κ1) is 37.9. The molecule has 4 nitrogen and oxygen atoms in total. The molecule has 0 aromatic carbocycles. The Hall–Kier alpha value is -2.27. The standard InChI is InChI=1S/C40H62O4/c1-28(16-12-17-30(3)20-21-36-31(4)22-34(42)25-39(36,6)7)14-10-11-15-29(2)18-13-19-33(27-41)38(44)24-37-32(5)23-35(43)26-40(37,8)9/h10-12,14-16,19-20,22-23,28-29,34-37,41-43H,13,17-18,21,24-27H2,1-9H3/b14-10+,15-11+,16-12+,30-20+,33-19+/t28?,29?,34-,35+,36-,37?/m0/s1. The fourth-order valence-electron chi connectivity index (χ4n) is 7.12. The zero-order chi connectivity index (χ0) is 33.1. The van der Waals surface area contributed by atoms with Crippen LogP contribution < -0.4 is 0 Å². The van der Waals surface area contributed by atoms with E-state index in [9.17, 15) is 20.1 Å². The number of allylic oxidation sites excluding steroid dienone is 11. The molecule has 3 unspecified atom stereocenters. The van der Waals surface area contributed by atoms with Crippen LogP contribution >= 0.6 is 0 Å². The Balaban J connectivity index is 1.77. The first-order chi connectivity index (χ1) is 20.6. The maximum Gasteiger partial charge on any atom is 0.161 e. The second kappa shape index (κ2) is 17.4. The Morgan fingerprint density at radius 2 is 1.48 bits per heavy atom. The van der Waals surface area contributed by atoms with Gasteiger partial charge < -0.3 is 15.3 Å². The van der Waals surface area contributed by atoms with Gasteiger partial charge in [-0.05, 0) is 93.8 Å². The summed E-state index contributed by atoms with van der Waals surface area (Å²) in [6, 6.07) is 0. The summed E-state index contributed by atoms with van der Waals surface area (Å²) in [6.07, 6.45) is 26.0. The highest BCUT2D eigenvalue weighted by Gasteiger charge is 2.37.